The van der Waals surface area contributed by atoms with Crippen molar-refractivity contribution >= 4 is 47.9 Å². The van der Waals surface area contributed by atoms with Crippen LogP contribution in [0.1, 0.15) is 128 Å². The number of nitrogens with two attached hydrogens (primary N) is 2. The number of piperazine rings is 1. The van der Waals surface area contributed by atoms with Crippen LogP contribution in [0.3, 0.4) is 0 Å². The number of benzene rings is 2. The van der Waals surface area contributed by atoms with Crippen molar-refractivity contribution in [1.29, 1.82) is 0 Å². The van der Waals surface area contributed by atoms with E-state index in [9.17, 15) is 0 Å². The van der Waals surface area contributed by atoms with Gasteiger partial charge in [0, 0.05) is 61.8 Å². The largest absolute Gasteiger partial charge is 0.384 e. The number of anilines is 2. The van der Waals surface area contributed by atoms with E-state index in [1.165, 1.54) is 101 Å². The van der Waals surface area contributed by atoms with Gasteiger partial charge in [0.05, 0.1) is 0 Å². The van der Waals surface area contributed by atoms with Gasteiger partial charge in [-0.1, -0.05) is 104 Å². The van der Waals surface area contributed by atoms with Gasteiger partial charge >= 0.3 is 0 Å². The first-order valence-electron chi connectivity index (χ1n) is 17.9. The number of hydrogen-bond acceptors (Lipinski definition) is 4. The van der Waals surface area contributed by atoms with Crippen LogP contribution >= 0.6 is 24.8 Å². The van der Waals surface area contributed by atoms with Gasteiger partial charge in [0.1, 0.15) is 11.7 Å². The molecule has 0 radical (unpaired) electrons. The Morgan fingerprint density at radius 2 is 0.761 bits per heavy atom. The highest BCUT2D eigenvalue weighted by molar-refractivity contribution is 5.98. The summed E-state index contributed by atoms with van der Waals surface area (Å²) in [6.07, 6.45) is 21.0. The van der Waals surface area contributed by atoms with Crippen LogP contribution in [0.4, 0.5) is 11.4 Å². The summed E-state index contributed by atoms with van der Waals surface area (Å²) in [6, 6.07) is 17.2. The first-order valence-corrected chi connectivity index (χ1v) is 17.9. The molecule has 46 heavy (non-hydrogen) atoms. The zero-order chi connectivity index (χ0) is 31.2. The van der Waals surface area contributed by atoms with E-state index >= 15 is 0 Å². The fourth-order valence-corrected chi connectivity index (χ4v) is 5.98. The first kappa shape index (κ1) is 41.6. The maximum atomic E-state index is 6.30. The quantitative estimate of drug-likeness (QED) is 0.0740. The number of aliphatic imine (C=N–C) groups is 2. The van der Waals surface area contributed by atoms with Crippen LogP contribution in [0.2, 0.25) is 0 Å². The van der Waals surface area contributed by atoms with Crippen molar-refractivity contribution < 1.29 is 0 Å². The Morgan fingerprint density at radius 3 is 1.07 bits per heavy atom. The average molecular weight is 676 g/mol. The number of halogens is 2. The summed E-state index contributed by atoms with van der Waals surface area (Å²) in [6.45, 7) is 10.1. The molecule has 0 atom stereocenters. The third-order valence-corrected chi connectivity index (χ3v) is 8.92. The predicted molar refractivity (Wildman–Crippen MR) is 208 cm³/mol. The van der Waals surface area contributed by atoms with Crippen molar-refractivity contribution in [2.24, 2.45) is 21.5 Å². The van der Waals surface area contributed by atoms with Gasteiger partial charge in [-0.25, -0.2) is 0 Å². The smallest absolute Gasteiger partial charge is 0.125 e. The average Bonchev–Trinajstić information content (AvgIpc) is 3.07. The monoisotopic (exact) mass is 674 g/mol. The normalized spacial score (nSPS) is 13.8. The Morgan fingerprint density at radius 1 is 0.478 bits per heavy atom. The molecule has 0 amide bonds. The van der Waals surface area contributed by atoms with Gasteiger partial charge in [-0.05, 0) is 61.4 Å². The Bertz CT molecular complexity index is 992. The molecule has 8 heteroatoms. The first-order chi connectivity index (χ1) is 21.6. The molecule has 0 saturated carbocycles. The minimum absolute atomic E-state index is 0. The van der Waals surface area contributed by atoms with Gasteiger partial charge in [0.2, 0.25) is 0 Å². The zero-order valence-corrected chi connectivity index (χ0v) is 30.6. The molecule has 4 N–H and O–H groups in total. The second-order valence-corrected chi connectivity index (χ2v) is 12.6. The molecule has 0 spiro atoms. The highest BCUT2D eigenvalue weighted by Gasteiger charge is 2.18. The van der Waals surface area contributed by atoms with Crippen molar-refractivity contribution in [3.05, 3.63) is 59.7 Å². The Hall–Kier alpha value is -2.44. The van der Waals surface area contributed by atoms with E-state index in [4.69, 9.17) is 11.5 Å². The molecule has 1 aliphatic rings. The number of nitrogens with zero attached hydrogens (tertiary/aromatic N) is 4. The van der Waals surface area contributed by atoms with E-state index in [1.54, 1.807) is 0 Å². The predicted octanol–water partition coefficient (Wildman–Crippen LogP) is 9.55. The van der Waals surface area contributed by atoms with Crippen LogP contribution < -0.4 is 21.3 Å². The molecular weight excluding hydrogens is 611 g/mol. The van der Waals surface area contributed by atoms with Gasteiger partial charge in [-0.15, -0.1) is 24.8 Å². The van der Waals surface area contributed by atoms with Crippen LogP contribution in [0.25, 0.3) is 0 Å². The van der Waals surface area contributed by atoms with Gasteiger partial charge in [0.15, 0.2) is 0 Å². The van der Waals surface area contributed by atoms with E-state index in [-0.39, 0.29) is 24.8 Å². The third-order valence-electron chi connectivity index (χ3n) is 8.92. The van der Waals surface area contributed by atoms with E-state index in [0.29, 0.717) is 11.7 Å². The molecule has 0 aliphatic carbocycles. The highest BCUT2D eigenvalue weighted by atomic mass is 35.5. The standard InChI is InChI=1S/C38H62N6.2ClH/c1-3-5-7-9-11-13-15-17-27-41-37(39)33-19-23-35(24-20-33)43-29-31-44(32-30-43)36-25-21-34(22-26-36)38(40)42-28-18-16-14-12-10-8-6-4-2;;/h19-26H,3-18,27-32H2,1-2H3,(H2,39,41)(H2,40,42);2*1H. The van der Waals surface area contributed by atoms with Crippen molar-refractivity contribution in [3.8, 4) is 0 Å². The SMILES string of the molecule is CCCCCCCCCCN=C(N)c1ccc(N2CCN(c3ccc(C(N)=NCCCCCCCCCC)cc3)CC2)cc1.Cl.Cl. The van der Waals surface area contributed by atoms with E-state index in [0.717, 1.165) is 63.2 Å². The van der Waals surface area contributed by atoms with Gasteiger partial charge in [-0.3, -0.25) is 9.98 Å². The number of rotatable bonds is 22. The molecular formula is C38H64Cl2N6. The summed E-state index contributed by atoms with van der Waals surface area (Å²) in [4.78, 5) is 14.2. The molecule has 260 valence electrons. The van der Waals surface area contributed by atoms with Crippen LogP contribution in [0.5, 0.6) is 0 Å². The lowest BCUT2D eigenvalue weighted by atomic mass is 10.1. The molecule has 2 aromatic carbocycles. The molecule has 2 aromatic rings. The molecule has 0 bridgehead atoms. The Balaban J connectivity index is 0.00000529. The molecule has 3 rings (SSSR count). The molecule has 6 nitrogen and oxygen atoms in total. The van der Waals surface area contributed by atoms with Crippen LogP contribution in [0.15, 0.2) is 58.5 Å². The summed E-state index contributed by atoms with van der Waals surface area (Å²) in [5.41, 5.74) is 17.2. The van der Waals surface area contributed by atoms with Crippen molar-refractivity contribution in [3.63, 3.8) is 0 Å². The summed E-state index contributed by atoms with van der Waals surface area (Å²) in [5, 5.41) is 0. The molecule has 0 aromatic heterocycles. The van der Waals surface area contributed by atoms with Gasteiger partial charge < -0.3 is 21.3 Å². The second kappa shape index (κ2) is 25.6. The minimum Gasteiger partial charge on any atom is -0.384 e. The maximum Gasteiger partial charge on any atom is 0.125 e. The minimum atomic E-state index is 0. The highest BCUT2D eigenvalue weighted by Crippen LogP contribution is 2.22. The zero-order valence-electron chi connectivity index (χ0n) is 28.9. The summed E-state index contributed by atoms with van der Waals surface area (Å²) in [5.74, 6) is 1.32. The lowest BCUT2D eigenvalue weighted by Gasteiger charge is -2.37. The van der Waals surface area contributed by atoms with Gasteiger partial charge in [-0.2, -0.15) is 0 Å². The fraction of sp³-hybridized carbons (Fsp3) is 0.632. The number of amidine groups is 2. The molecule has 1 aliphatic heterocycles. The topological polar surface area (TPSA) is 83.2 Å². The number of unbranched alkanes of at least 4 members (excludes halogenated alkanes) is 14. The molecule has 0 unspecified atom stereocenters. The van der Waals surface area contributed by atoms with Gasteiger partial charge in [0.25, 0.3) is 0 Å². The number of hydrogen-bond donors (Lipinski definition) is 2. The second-order valence-electron chi connectivity index (χ2n) is 12.6. The molecule has 1 saturated heterocycles. The molecule has 1 fully saturated rings. The Kier molecular flexibility index (Phi) is 23.2. The fourth-order valence-electron chi connectivity index (χ4n) is 5.98. The summed E-state index contributed by atoms with van der Waals surface area (Å²) < 4.78 is 0. The van der Waals surface area contributed by atoms with Crippen molar-refractivity contribution in [2.75, 3.05) is 49.1 Å². The van der Waals surface area contributed by atoms with E-state index in [1.807, 2.05) is 0 Å². The lowest BCUT2D eigenvalue weighted by molar-refractivity contribution is 0.578. The van der Waals surface area contributed by atoms with Crippen molar-refractivity contribution in [2.45, 2.75) is 117 Å². The lowest BCUT2D eigenvalue weighted by Crippen LogP contribution is -2.46. The molecule has 1 heterocycles. The van der Waals surface area contributed by atoms with E-state index in [2.05, 4.69) is 82.2 Å². The van der Waals surface area contributed by atoms with Crippen LogP contribution in [-0.4, -0.2) is 50.9 Å². The Labute approximate surface area is 293 Å². The van der Waals surface area contributed by atoms with E-state index < -0.39 is 0 Å². The summed E-state index contributed by atoms with van der Waals surface area (Å²) in [7, 11) is 0. The van der Waals surface area contributed by atoms with Crippen LogP contribution in [0, 0.1) is 0 Å². The summed E-state index contributed by atoms with van der Waals surface area (Å²) >= 11 is 0. The maximum absolute atomic E-state index is 6.30. The van der Waals surface area contributed by atoms with Crippen molar-refractivity contribution in [1.82, 2.24) is 0 Å². The third kappa shape index (κ3) is 15.9. The van der Waals surface area contributed by atoms with Crippen LogP contribution in [-0.2, 0) is 0 Å².